The van der Waals surface area contributed by atoms with Gasteiger partial charge in [-0.3, -0.25) is 4.79 Å². The average molecular weight is 129 g/mol. The molecule has 3 heteroatoms. The maximum atomic E-state index is 10.7. The van der Waals surface area contributed by atoms with Crippen LogP contribution < -0.4 is 5.32 Å². The van der Waals surface area contributed by atoms with Crippen molar-refractivity contribution in [2.24, 2.45) is 0 Å². The number of esters is 1. The third-order valence-corrected chi connectivity index (χ3v) is 1.56. The van der Waals surface area contributed by atoms with Crippen molar-refractivity contribution in [2.45, 2.75) is 25.4 Å². The van der Waals surface area contributed by atoms with E-state index in [0.717, 1.165) is 6.42 Å². The molecule has 2 atom stereocenters. The van der Waals surface area contributed by atoms with E-state index in [0.29, 0.717) is 6.04 Å². The second-order valence-electron chi connectivity index (χ2n) is 2.38. The lowest BCUT2D eigenvalue weighted by molar-refractivity contribution is -0.145. The predicted molar refractivity (Wildman–Crippen MR) is 33.0 cm³/mol. The zero-order chi connectivity index (χ0) is 6.85. The Kier molecular flexibility index (Phi) is 1.71. The lowest BCUT2D eigenvalue weighted by Gasteiger charge is -2.32. The third kappa shape index (κ3) is 1.21. The van der Waals surface area contributed by atoms with Gasteiger partial charge in [0.05, 0.1) is 7.11 Å². The van der Waals surface area contributed by atoms with Gasteiger partial charge in [0.2, 0.25) is 0 Å². The topological polar surface area (TPSA) is 38.3 Å². The van der Waals surface area contributed by atoms with Gasteiger partial charge >= 0.3 is 5.97 Å². The summed E-state index contributed by atoms with van der Waals surface area (Å²) in [6.07, 6.45) is 0.909. The fourth-order valence-corrected chi connectivity index (χ4v) is 0.979. The molecule has 0 saturated carbocycles. The van der Waals surface area contributed by atoms with Crippen molar-refractivity contribution in [1.29, 1.82) is 0 Å². The van der Waals surface area contributed by atoms with Crippen molar-refractivity contribution >= 4 is 5.97 Å². The van der Waals surface area contributed by atoms with E-state index in [1.54, 1.807) is 0 Å². The van der Waals surface area contributed by atoms with Gasteiger partial charge < -0.3 is 10.1 Å². The number of carbonyl (C=O) groups is 1. The van der Waals surface area contributed by atoms with Crippen LogP contribution in [0.4, 0.5) is 0 Å². The Labute approximate surface area is 54.4 Å². The standard InChI is InChI=1S/C6H11NO2/c1-4-3-5(7-4)6(8)9-2/h4-5,7H,3H2,1-2H3/t4-,5-/m1/s1. The number of nitrogens with one attached hydrogen (secondary N) is 1. The molecule has 0 aromatic heterocycles. The van der Waals surface area contributed by atoms with E-state index in [9.17, 15) is 4.79 Å². The summed E-state index contributed by atoms with van der Waals surface area (Å²) in [4.78, 5) is 10.7. The first-order valence-corrected chi connectivity index (χ1v) is 3.08. The molecule has 3 nitrogen and oxygen atoms in total. The van der Waals surface area contributed by atoms with Crippen LogP contribution in [-0.2, 0) is 9.53 Å². The molecule has 1 rings (SSSR count). The molecule has 1 saturated heterocycles. The lowest BCUT2D eigenvalue weighted by atomic mass is 9.99. The number of hydrogen-bond donors (Lipinski definition) is 1. The SMILES string of the molecule is COC(=O)[C@H]1C[C@@H](C)N1. The highest BCUT2D eigenvalue weighted by Gasteiger charge is 2.30. The Morgan fingerprint density at radius 1 is 1.78 bits per heavy atom. The van der Waals surface area contributed by atoms with E-state index in [4.69, 9.17) is 0 Å². The predicted octanol–water partition coefficient (Wildman–Crippen LogP) is -0.0902. The maximum absolute atomic E-state index is 10.7. The number of hydrogen-bond acceptors (Lipinski definition) is 3. The van der Waals surface area contributed by atoms with Crippen LogP contribution in [-0.4, -0.2) is 25.2 Å². The zero-order valence-corrected chi connectivity index (χ0v) is 5.68. The molecule has 9 heavy (non-hydrogen) atoms. The Morgan fingerprint density at radius 3 is 2.67 bits per heavy atom. The smallest absolute Gasteiger partial charge is 0.322 e. The molecule has 0 aromatic carbocycles. The largest absolute Gasteiger partial charge is 0.468 e. The van der Waals surface area contributed by atoms with Crippen LogP contribution in [0.1, 0.15) is 13.3 Å². The van der Waals surface area contributed by atoms with E-state index in [1.165, 1.54) is 7.11 Å². The minimum atomic E-state index is -0.145. The van der Waals surface area contributed by atoms with Crippen LogP contribution in [0.5, 0.6) is 0 Å². The van der Waals surface area contributed by atoms with Crippen molar-refractivity contribution in [2.75, 3.05) is 7.11 Å². The molecule has 0 radical (unpaired) electrons. The number of carbonyl (C=O) groups excluding carboxylic acids is 1. The van der Waals surface area contributed by atoms with Crippen molar-refractivity contribution in [3.63, 3.8) is 0 Å². The third-order valence-electron chi connectivity index (χ3n) is 1.56. The zero-order valence-electron chi connectivity index (χ0n) is 5.68. The summed E-state index contributed by atoms with van der Waals surface area (Å²) in [6, 6.07) is 0.444. The van der Waals surface area contributed by atoms with Gasteiger partial charge in [0.1, 0.15) is 6.04 Å². The first kappa shape index (κ1) is 6.55. The second-order valence-corrected chi connectivity index (χ2v) is 2.38. The molecule has 0 unspecified atom stereocenters. The summed E-state index contributed by atoms with van der Waals surface area (Å²) < 4.78 is 4.50. The molecule has 0 amide bonds. The van der Waals surface area contributed by atoms with Crippen LogP contribution in [0.3, 0.4) is 0 Å². The number of methoxy groups -OCH3 is 1. The molecule has 1 aliphatic heterocycles. The summed E-state index contributed by atoms with van der Waals surface area (Å²) in [5, 5.41) is 3.02. The molecule has 1 N–H and O–H groups in total. The van der Waals surface area contributed by atoms with Crippen molar-refractivity contribution in [1.82, 2.24) is 5.32 Å². The van der Waals surface area contributed by atoms with Gasteiger partial charge in [0, 0.05) is 6.04 Å². The molecule has 1 aliphatic rings. The number of ether oxygens (including phenoxy) is 1. The molecule has 0 aliphatic carbocycles. The Morgan fingerprint density at radius 2 is 2.33 bits per heavy atom. The van der Waals surface area contributed by atoms with Crippen LogP contribution in [0.15, 0.2) is 0 Å². The molecule has 1 fully saturated rings. The first-order chi connectivity index (χ1) is 4.24. The van der Waals surface area contributed by atoms with E-state index in [1.807, 2.05) is 6.92 Å². The van der Waals surface area contributed by atoms with E-state index in [-0.39, 0.29) is 12.0 Å². The van der Waals surface area contributed by atoms with E-state index >= 15 is 0 Å². The van der Waals surface area contributed by atoms with Crippen LogP contribution >= 0.6 is 0 Å². The van der Waals surface area contributed by atoms with Crippen molar-refractivity contribution in [3.8, 4) is 0 Å². The van der Waals surface area contributed by atoms with E-state index < -0.39 is 0 Å². The fraction of sp³-hybridized carbons (Fsp3) is 0.833. The van der Waals surface area contributed by atoms with Crippen LogP contribution in [0.25, 0.3) is 0 Å². The maximum Gasteiger partial charge on any atom is 0.322 e. The first-order valence-electron chi connectivity index (χ1n) is 3.08. The normalized spacial score (nSPS) is 33.1. The van der Waals surface area contributed by atoms with Crippen LogP contribution in [0.2, 0.25) is 0 Å². The van der Waals surface area contributed by atoms with Crippen molar-refractivity contribution < 1.29 is 9.53 Å². The molecular formula is C6H11NO2. The lowest BCUT2D eigenvalue weighted by Crippen LogP contribution is -2.55. The van der Waals surface area contributed by atoms with Crippen molar-refractivity contribution in [3.05, 3.63) is 0 Å². The number of rotatable bonds is 1. The minimum Gasteiger partial charge on any atom is -0.468 e. The highest BCUT2D eigenvalue weighted by Crippen LogP contribution is 2.11. The van der Waals surface area contributed by atoms with Gasteiger partial charge in [-0.25, -0.2) is 0 Å². The molecule has 52 valence electrons. The molecule has 1 heterocycles. The molecule has 0 bridgehead atoms. The summed E-state index contributed by atoms with van der Waals surface area (Å²) in [6.45, 7) is 2.04. The summed E-state index contributed by atoms with van der Waals surface area (Å²) in [7, 11) is 1.41. The summed E-state index contributed by atoms with van der Waals surface area (Å²) >= 11 is 0. The highest BCUT2D eigenvalue weighted by molar-refractivity contribution is 5.76. The van der Waals surface area contributed by atoms with E-state index in [2.05, 4.69) is 10.1 Å². The summed E-state index contributed by atoms with van der Waals surface area (Å²) in [5.74, 6) is -0.145. The quantitative estimate of drug-likeness (QED) is 0.503. The summed E-state index contributed by atoms with van der Waals surface area (Å²) in [5.41, 5.74) is 0. The average Bonchev–Trinajstić information content (AvgIpc) is 1.79. The van der Waals surface area contributed by atoms with Gasteiger partial charge in [0.25, 0.3) is 0 Å². The molecule has 0 aromatic rings. The highest BCUT2D eigenvalue weighted by atomic mass is 16.5. The van der Waals surface area contributed by atoms with Gasteiger partial charge in [-0.05, 0) is 13.3 Å². The van der Waals surface area contributed by atoms with Crippen LogP contribution in [0, 0.1) is 0 Å². The molecule has 0 spiro atoms. The monoisotopic (exact) mass is 129 g/mol. The van der Waals surface area contributed by atoms with Gasteiger partial charge in [-0.2, -0.15) is 0 Å². The fourth-order valence-electron chi connectivity index (χ4n) is 0.979. The Balaban J connectivity index is 2.23. The van der Waals surface area contributed by atoms with Gasteiger partial charge in [-0.1, -0.05) is 0 Å². The second kappa shape index (κ2) is 2.35. The Hall–Kier alpha value is -0.570. The van der Waals surface area contributed by atoms with Gasteiger partial charge in [-0.15, -0.1) is 0 Å². The minimum absolute atomic E-state index is 0.0370. The Bertz CT molecular complexity index is 118. The van der Waals surface area contributed by atoms with Gasteiger partial charge in [0.15, 0.2) is 0 Å². The molecular weight excluding hydrogens is 118 g/mol.